The monoisotopic (exact) mass is 388 g/mol. The summed E-state index contributed by atoms with van der Waals surface area (Å²) in [5, 5.41) is 0.585. The Morgan fingerprint density at radius 3 is 2.57 bits per heavy atom. The van der Waals surface area contributed by atoms with Crippen molar-refractivity contribution in [2.45, 2.75) is 6.42 Å². The normalized spacial score (nSPS) is 14.2. The summed E-state index contributed by atoms with van der Waals surface area (Å²) in [7, 11) is 0. The predicted molar refractivity (Wildman–Crippen MR) is 110 cm³/mol. The van der Waals surface area contributed by atoms with Crippen LogP contribution < -0.4 is 4.74 Å². The van der Waals surface area contributed by atoms with Crippen LogP contribution in [0.25, 0.3) is 6.08 Å². The Morgan fingerprint density at radius 1 is 1.00 bits per heavy atom. The Kier molecular flexibility index (Phi) is 5.09. The number of carbonyl (C=O) groups excluding carboxylic acids is 2. The molecule has 0 atom stereocenters. The first-order valence-electron chi connectivity index (χ1n) is 8.95. The maximum atomic E-state index is 12.5. The zero-order valence-corrected chi connectivity index (χ0v) is 15.8. The van der Waals surface area contributed by atoms with Crippen LogP contribution in [0.3, 0.4) is 0 Å². The van der Waals surface area contributed by atoms with Gasteiger partial charge < -0.3 is 4.74 Å². The molecule has 0 amide bonds. The van der Waals surface area contributed by atoms with E-state index in [1.54, 1.807) is 30.3 Å². The molecule has 1 aliphatic carbocycles. The lowest BCUT2D eigenvalue weighted by Crippen LogP contribution is -2.11. The molecule has 28 heavy (non-hydrogen) atoms. The van der Waals surface area contributed by atoms with Crippen molar-refractivity contribution in [3.8, 4) is 5.75 Å². The zero-order chi connectivity index (χ0) is 19.5. The van der Waals surface area contributed by atoms with Gasteiger partial charge in [0, 0.05) is 28.1 Å². The number of fused-ring (bicyclic) bond motifs is 1. The molecule has 0 saturated carbocycles. The van der Waals surface area contributed by atoms with E-state index in [4.69, 9.17) is 16.3 Å². The minimum atomic E-state index is -0.123. The Bertz CT molecular complexity index is 1080. The van der Waals surface area contributed by atoms with Crippen molar-refractivity contribution >= 4 is 29.2 Å². The van der Waals surface area contributed by atoms with Crippen LogP contribution in [0, 0.1) is 0 Å². The largest absolute Gasteiger partial charge is 0.485 e. The topological polar surface area (TPSA) is 43.4 Å². The van der Waals surface area contributed by atoms with Gasteiger partial charge in [-0.25, -0.2) is 0 Å². The van der Waals surface area contributed by atoms with Crippen LogP contribution in [0.1, 0.15) is 31.8 Å². The fourth-order valence-corrected chi connectivity index (χ4v) is 3.36. The van der Waals surface area contributed by atoms with Gasteiger partial charge in [-0.2, -0.15) is 0 Å². The fourth-order valence-electron chi connectivity index (χ4n) is 3.23. The quantitative estimate of drug-likeness (QED) is 0.432. The van der Waals surface area contributed by atoms with E-state index in [-0.39, 0.29) is 18.2 Å². The van der Waals surface area contributed by atoms with Crippen molar-refractivity contribution < 1.29 is 14.3 Å². The van der Waals surface area contributed by atoms with Crippen molar-refractivity contribution in [1.82, 2.24) is 0 Å². The summed E-state index contributed by atoms with van der Waals surface area (Å²) in [6, 6.07) is 21.8. The number of ketones is 2. The van der Waals surface area contributed by atoms with Crippen LogP contribution >= 0.6 is 11.6 Å². The maximum Gasteiger partial charge on any atom is 0.200 e. The lowest BCUT2D eigenvalue weighted by molar-refractivity contribution is 0.0921. The third-order valence-corrected chi connectivity index (χ3v) is 4.92. The van der Waals surface area contributed by atoms with Crippen LogP contribution in [0.5, 0.6) is 5.75 Å². The van der Waals surface area contributed by atoms with Gasteiger partial charge >= 0.3 is 0 Å². The molecular formula is C24H17ClO3. The molecular weight excluding hydrogens is 372 g/mol. The minimum Gasteiger partial charge on any atom is -0.485 e. The van der Waals surface area contributed by atoms with Gasteiger partial charge in [-0.05, 0) is 53.6 Å². The average Bonchev–Trinajstić information content (AvgIpc) is 3.03. The summed E-state index contributed by atoms with van der Waals surface area (Å²) in [5.74, 6) is 0.529. The fraction of sp³-hybridized carbons (Fsp3) is 0.0833. The number of benzene rings is 3. The second-order valence-electron chi connectivity index (χ2n) is 6.62. The highest BCUT2D eigenvalue weighted by atomic mass is 35.5. The summed E-state index contributed by atoms with van der Waals surface area (Å²) in [6.45, 7) is -0.0635. The molecule has 138 valence electrons. The lowest BCUT2D eigenvalue weighted by atomic mass is 10.1. The molecule has 0 unspecified atom stereocenters. The average molecular weight is 389 g/mol. The maximum absolute atomic E-state index is 12.5. The van der Waals surface area contributed by atoms with E-state index in [0.29, 0.717) is 22.8 Å². The summed E-state index contributed by atoms with van der Waals surface area (Å²) >= 11 is 5.84. The van der Waals surface area contributed by atoms with Gasteiger partial charge in [-0.15, -0.1) is 0 Å². The summed E-state index contributed by atoms with van der Waals surface area (Å²) in [6.07, 6.45) is 2.52. The van der Waals surface area contributed by atoms with E-state index in [9.17, 15) is 9.59 Å². The Hall–Kier alpha value is -3.17. The van der Waals surface area contributed by atoms with Crippen molar-refractivity contribution in [2.24, 2.45) is 0 Å². The first kappa shape index (κ1) is 18.2. The van der Waals surface area contributed by atoms with Crippen LogP contribution in [-0.4, -0.2) is 18.2 Å². The molecule has 1 aliphatic rings. The van der Waals surface area contributed by atoms with Gasteiger partial charge in [0.15, 0.2) is 18.2 Å². The second-order valence-corrected chi connectivity index (χ2v) is 7.06. The van der Waals surface area contributed by atoms with Gasteiger partial charge in [0.1, 0.15) is 5.75 Å². The summed E-state index contributed by atoms with van der Waals surface area (Å²) in [4.78, 5) is 24.8. The molecule has 3 aromatic rings. The third kappa shape index (κ3) is 3.90. The Morgan fingerprint density at radius 2 is 1.79 bits per heavy atom. The van der Waals surface area contributed by atoms with E-state index in [2.05, 4.69) is 0 Å². The first-order chi connectivity index (χ1) is 13.6. The highest BCUT2D eigenvalue weighted by Crippen LogP contribution is 2.28. The molecule has 0 heterocycles. The molecule has 0 N–H and O–H groups in total. The standard InChI is InChI=1S/C24H17ClO3/c25-20-10-8-17(9-11-20)23(26)15-28-21-6-3-4-16(13-21)12-19-14-18-5-1-2-7-22(18)24(19)27/h1-13H,14-15H2/b19-12+. The minimum absolute atomic E-state index is 0.0635. The van der Waals surface area contributed by atoms with Crippen LogP contribution in [0.15, 0.2) is 78.4 Å². The first-order valence-corrected chi connectivity index (χ1v) is 9.33. The van der Waals surface area contributed by atoms with Crippen LogP contribution in [0.2, 0.25) is 5.02 Å². The Balaban J connectivity index is 1.46. The number of ether oxygens (including phenoxy) is 1. The van der Waals surface area contributed by atoms with Crippen molar-refractivity contribution in [3.63, 3.8) is 0 Å². The molecule has 0 aromatic heterocycles. The van der Waals surface area contributed by atoms with Crippen LogP contribution in [0.4, 0.5) is 0 Å². The van der Waals surface area contributed by atoms with Gasteiger partial charge in [-0.1, -0.05) is 48.0 Å². The van der Waals surface area contributed by atoms with Crippen LogP contribution in [-0.2, 0) is 6.42 Å². The van der Waals surface area contributed by atoms with E-state index in [1.165, 1.54) is 0 Å². The van der Waals surface area contributed by atoms with E-state index < -0.39 is 0 Å². The Labute approximate surface area is 168 Å². The smallest absolute Gasteiger partial charge is 0.200 e. The molecule has 0 saturated heterocycles. The number of hydrogen-bond donors (Lipinski definition) is 0. The molecule has 3 aromatic carbocycles. The number of carbonyl (C=O) groups is 2. The third-order valence-electron chi connectivity index (χ3n) is 4.67. The predicted octanol–water partition coefficient (Wildman–Crippen LogP) is 5.42. The number of rotatable bonds is 5. The zero-order valence-electron chi connectivity index (χ0n) is 15.0. The van der Waals surface area contributed by atoms with Gasteiger partial charge in [-0.3, -0.25) is 9.59 Å². The molecule has 3 nitrogen and oxygen atoms in total. The van der Waals surface area contributed by atoms with Crippen molar-refractivity contribution in [3.05, 3.63) is 106 Å². The number of halogens is 1. The highest BCUT2D eigenvalue weighted by Gasteiger charge is 2.23. The highest BCUT2D eigenvalue weighted by molar-refractivity contribution is 6.30. The SMILES string of the molecule is O=C(COc1cccc(/C=C2\Cc3ccccc3C2=O)c1)c1ccc(Cl)cc1. The molecule has 4 rings (SSSR count). The number of Topliss-reactive ketones (excluding diaryl/α,β-unsaturated/α-hetero) is 2. The lowest BCUT2D eigenvalue weighted by Gasteiger charge is -2.07. The molecule has 0 aliphatic heterocycles. The van der Waals surface area contributed by atoms with Crippen molar-refractivity contribution in [2.75, 3.05) is 6.61 Å². The van der Waals surface area contributed by atoms with E-state index >= 15 is 0 Å². The summed E-state index contributed by atoms with van der Waals surface area (Å²) < 4.78 is 5.65. The molecule has 0 fully saturated rings. The van der Waals surface area contributed by atoms with Gasteiger partial charge in [0.05, 0.1) is 0 Å². The van der Waals surface area contributed by atoms with Gasteiger partial charge in [0.25, 0.3) is 0 Å². The molecule has 0 spiro atoms. The summed E-state index contributed by atoms with van der Waals surface area (Å²) in [5.41, 5.74) is 4.01. The van der Waals surface area contributed by atoms with E-state index in [0.717, 1.165) is 22.3 Å². The second kappa shape index (κ2) is 7.83. The molecule has 0 radical (unpaired) electrons. The molecule has 0 bridgehead atoms. The van der Waals surface area contributed by atoms with Gasteiger partial charge in [0.2, 0.25) is 0 Å². The number of hydrogen-bond acceptors (Lipinski definition) is 3. The molecule has 4 heteroatoms. The van der Waals surface area contributed by atoms with E-state index in [1.807, 2.05) is 48.5 Å². The number of allylic oxidation sites excluding steroid dienone is 1. The van der Waals surface area contributed by atoms with Crippen molar-refractivity contribution in [1.29, 1.82) is 0 Å².